The summed E-state index contributed by atoms with van der Waals surface area (Å²) in [6.45, 7) is 10.1. The number of aryl methyl sites for hydroxylation is 8. The Bertz CT molecular complexity index is 7170. The zero-order valence-corrected chi connectivity index (χ0v) is 80.5. The molecule has 6 aromatic heterocycles. The maximum absolute atomic E-state index is 13.2. The smallest absolute Gasteiger partial charge is 0.416 e. The molecule has 0 spiro atoms. The Hall–Kier alpha value is -12.2. The molecule has 0 bridgehead atoms. The van der Waals surface area contributed by atoms with Gasteiger partial charge in [-0.2, -0.15) is 42.0 Å². The lowest BCUT2D eigenvalue weighted by atomic mass is 10.0. The number of benzene rings is 8. The van der Waals surface area contributed by atoms with Crippen molar-refractivity contribution in [3.63, 3.8) is 0 Å². The molecular formula is C93H80Cl7F3N10O18S3. The molecule has 16 rings (SSSR count). The zero-order chi connectivity index (χ0) is 97.9. The standard InChI is InChI=1S/C22H20Cl2N2O3.C20H16Cl2N2O3.C19H16Cl2N2O4S.C15H12F3NO4S.C14H12ClNO4S.C3H4N2/c1-12-5-7-15(8-6-12)18(27)11-29-22-19(14(3)25-26(22)4)21(28)16-9-10-17(23)13(2)20(16)24;1-12-18(19(26)15-9-8-14(21)10-16(15)22)20(24(2)23-12)27-11-17(25)13-6-4-3-5-7-13;1-11-4-7-14(8-5-11)28(25,26)27-19-17(12(2)22-23(19)3)18(24)15-9-6-13(20)10-16(15)21;1-24(21,22)12-6-9(15(16,17)18)4-5-10(12)13(20)11-7-19-23-14(11)8-2-3-8;1-21(18,19)12-6-9(15)4-5-10(12)13(17)11-7-16-20-14(11)8-2-3-8;1-2-4-5-3-1/h5-10H,11H2,1-4H3;3-10H,11H2,1-2H3;4-10H,1-3H3;4-8H,2-3H2,1H3;4-8H,2-3H2,1H3;1-3H,(H,4,5). The number of carbonyl (C=O) groups excluding carboxylic acids is 7. The van der Waals surface area contributed by atoms with Gasteiger partial charge in [-0.25, -0.2) is 30.9 Å². The highest BCUT2D eigenvalue weighted by molar-refractivity contribution is 7.91. The average Bonchev–Trinajstić information content (AvgIpc) is 1.48. The molecule has 14 aromatic rings. The Kier molecular flexibility index (Phi) is 33.1. The molecule has 0 radical (unpaired) electrons. The lowest BCUT2D eigenvalue weighted by molar-refractivity contribution is -0.137. The Morgan fingerprint density at radius 2 is 0.843 bits per heavy atom. The molecule has 8 aromatic carbocycles. The van der Waals surface area contributed by atoms with Gasteiger partial charge in [-0.05, 0) is 176 Å². The van der Waals surface area contributed by atoms with Crippen molar-refractivity contribution < 1.29 is 94.7 Å². The van der Waals surface area contributed by atoms with Crippen LogP contribution < -0.4 is 13.7 Å². The van der Waals surface area contributed by atoms with Crippen molar-refractivity contribution in [2.45, 2.75) is 99.9 Å². The van der Waals surface area contributed by atoms with Crippen LogP contribution in [0.2, 0.25) is 35.2 Å². The highest BCUT2D eigenvalue weighted by Crippen LogP contribution is 2.45. The van der Waals surface area contributed by atoms with E-state index in [9.17, 15) is 72.0 Å². The number of nitrogens with zero attached hydrogens (tertiary/aromatic N) is 9. The van der Waals surface area contributed by atoms with Crippen LogP contribution in [0.4, 0.5) is 13.2 Å². The van der Waals surface area contributed by atoms with Gasteiger partial charge >= 0.3 is 16.3 Å². The number of carbonyl (C=O) groups is 7. The van der Waals surface area contributed by atoms with Gasteiger partial charge in [-0.15, -0.1) is 0 Å². The van der Waals surface area contributed by atoms with E-state index < -0.39 is 63.8 Å². The third kappa shape index (κ3) is 25.2. The topological polar surface area (TPSA) is 384 Å². The van der Waals surface area contributed by atoms with Crippen LogP contribution in [0.15, 0.2) is 218 Å². The van der Waals surface area contributed by atoms with E-state index in [1.165, 1.54) is 88.1 Å². The molecule has 1 N–H and O–H groups in total. The molecule has 0 saturated heterocycles. The number of rotatable bonds is 25. The molecule has 2 aliphatic carbocycles. The van der Waals surface area contributed by atoms with Crippen molar-refractivity contribution in [1.82, 2.24) is 49.9 Å². The van der Waals surface area contributed by atoms with Gasteiger partial charge in [0, 0.05) is 117 Å². The van der Waals surface area contributed by atoms with Gasteiger partial charge in [0.2, 0.25) is 35.0 Å². The van der Waals surface area contributed by atoms with Crippen LogP contribution in [0.25, 0.3) is 0 Å². The number of nitrogens with one attached hydrogen (secondary N) is 1. The highest BCUT2D eigenvalue weighted by Gasteiger charge is 2.39. The number of sulfone groups is 2. The molecule has 0 atom stereocenters. The van der Waals surface area contributed by atoms with Gasteiger partial charge < -0.3 is 22.7 Å². The fraction of sp³-hybridized carbons (Fsp3) is 0.215. The molecule has 6 heterocycles. The molecule has 2 saturated carbocycles. The van der Waals surface area contributed by atoms with E-state index in [4.69, 9.17) is 104 Å². The Balaban J connectivity index is 0.000000159. The molecule has 28 nitrogen and oxygen atoms in total. The number of hydrogen-bond acceptors (Lipinski definition) is 24. The second-order valence-electron chi connectivity index (χ2n) is 30.5. The predicted octanol–water partition coefficient (Wildman–Crippen LogP) is 20.5. The van der Waals surface area contributed by atoms with Gasteiger partial charge in [0.1, 0.15) is 21.6 Å². The molecule has 0 amide bonds. The number of ether oxygens (including phenoxy) is 2. The molecule has 2 aliphatic rings. The van der Waals surface area contributed by atoms with Crippen molar-refractivity contribution >= 4 is 151 Å². The fourth-order valence-corrected chi connectivity index (χ4v) is 17.6. The Labute approximate surface area is 801 Å². The summed E-state index contributed by atoms with van der Waals surface area (Å²) in [7, 11) is -6.97. The number of hydrogen-bond donors (Lipinski definition) is 1. The molecule has 0 unspecified atom stereocenters. The van der Waals surface area contributed by atoms with Crippen LogP contribution in [0.3, 0.4) is 0 Å². The van der Waals surface area contributed by atoms with Gasteiger partial charge in [0.25, 0.3) is 0 Å². The lowest BCUT2D eigenvalue weighted by Crippen LogP contribution is -2.15. The van der Waals surface area contributed by atoms with E-state index in [2.05, 4.69) is 35.8 Å². The summed E-state index contributed by atoms with van der Waals surface area (Å²) < 4.78 is 142. The third-order valence-electron chi connectivity index (χ3n) is 20.3. The first-order chi connectivity index (χ1) is 63.1. The summed E-state index contributed by atoms with van der Waals surface area (Å²) in [5.74, 6) is -1.32. The Morgan fingerprint density at radius 3 is 1.25 bits per heavy atom. The molecule has 2 fully saturated rings. The van der Waals surface area contributed by atoms with Gasteiger partial charge in [0.05, 0.1) is 71.0 Å². The van der Waals surface area contributed by atoms with E-state index in [1.54, 1.807) is 127 Å². The van der Waals surface area contributed by atoms with Crippen LogP contribution >= 0.6 is 81.2 Å². The third-order valence-corrected chi connectivity index (χ3v) is 26.0. The van der Waals surface area contributed by atoms with E-state index >= 15 is 0 Å². The van der Waals surface area contributed by atoms with Crippen LogP contribution in [0.5, 0.6) is 17.6 Å². The minimum atomic E-state index is -4.71. The number of aromatic amines is 1. The summed E-state index contributed by atoms with van der Waals surface area (Å²) in [5.41, 5.74) is 5.30. The molecule has 0 aliphatic heterocycles. The van der Waals surface area contributed by atoms with E-state index in [-0.39, 0.29) is 140 Å². The summed E-state index contributed by atoms with van der Waals surface area (Å²) in [6.07, 6.45) is 6.61. The van der Waals surface area contributed by atoms with Crippen molar-refractivity contribution in [2.75, 3.05) is 25.7 Å². The quantitative estimate of drug-likeness (QED) is 0.0410. The predicted molar refractivity (Wildman–Crippen MR) is 496 cm³/mol. The summed E-state index contributed by atoms with van der Waals surface area (Å²) in [4.78, 5) is 88.5. The number of Topliss-reactive ketones (excluding diaryl/α,β-unsaturated/α-hetero) is 2. The van der Waals surface area contributed by atoms with Crippen molar-refractivity contribution in [2.24, 2.45) is 21.1 Å². The number of alkyl halides is 3. The van der Waals surface area contributed by atoms with Crippen LogP contribution in [-0.2, 0) is 57.1 Å². The SMILES string of the molecule is CS(=O)(=O)c1cc(C(F)(F)F)ccc1C(=O)c1cnoc1C1CC1.CS(=O)(=O)c1cc(Cl)ccc1C(=O)c1cnoc1C1CC1.Cc1ccc(C(=O)COc2c(C(=O)c3ccc(Cl)c(C)c3Cl)c(C)nn2C)cc1.Cc1ccc(S(=O)(=O)Oc2c(C(=O)c3ccc(Cl)cc3Cl)c(C)nn2C)cc1.Cc1nn(C)c(OCC(=O)c2ccccc2)c1C(=O)c1ccc(Cl)cc1Cl.c1cn[nH]c1. The molecule has 134 heavy (non-hydrogen) atoms. The van der Waals surface area contributed by atoms with Crippen molar-refractivity contribution in [3.05, 3.63) is 347 Å². The maximum Gasteiger partial charge on any atom is 0.416 e. The second-order valence-corrected chi connectivity index (χ2v) is 38.9. The fourth-order valence-electron chi connectivity index (χ4n) is 13.2. The average molecular weight is 2030 g/mol. The van der Waals surface area contributed by atoms with Crippen LogP contribution in [-0.4, -0.2) is 141 Å². The van der Waals surface area contributed by atoms with Gasteiger partial charge in [-0.1, -0.05) is 169 Å². The first-order valence-corrected chi connectivity index (χ1v) is 47.9. The summed E-state index contributed by atoms with van der Waals surface area (Å²) in [6, 6.07) is 42.6. The van der Waals surface area contributed by atoms with E-state index in [1.807, 2.05) is 38.1 Å². The molecule has 698 valence electrons. The molecular weight excluding hydrogens is 1950 g/mol. The first kappa shape index (κ1) is 102. The summed E-state index contributed by atoms with van der Waals surface area (Å²) >= 11 is 42.4. The van der Waals surface area contributed by atoms with E-state index in [0.717, 1.165) is 55.4 Å². The number of H-pyrrole nitrogens is 1. The molecule has 41 heteroatoms. The minimum Gasteiger partial charge on any atom is -0.469 e. The van der Waals surface area contributed by atoms with Gasteiger partial charge in [0.15, 0.2) is 67.5 Å². The maximum atomic E-state index is 13.2. The lowest BCUT2D eigenvalue weighted by Gasteiger charge is -2.11. The highest BCUT2D eigenvalue weighted by atomic mass is 35.5. The number of aromatic nitrogens is 10. The minimum absolute atomic E-state index is 0.0161. The van der Waals surface area contributed by atoms with Crippen molar-refractivity contribution in [1.29, 1.82) is 0 Å². The number of ketones is 7. The summed E-state index contributed by atoms with van der Waals surface area (Å²) in [5, 5.41) is 28.3. The number of halogens is 10. The monoisotopic (exact) mass is 2020 g/mol. The van der Waals surface area contributed by atoms with Gasteiger partial charge in [-0.3, -0.25) is 38.7 Å². The first-order valence-electron chi connectivity index (χ1n) is 40.0. The largest absolute Gasteiger partial charge is 0.469 e. The normalized spacial score (nSPS) is 12.3. The van der Waals surface area contributed by atoms with Crippen molar-refractivity contribution in [3.8, 4) is 17.6 Å². The second kappa shape index (κ2) is 43.4. The van der Waals surface area contributed by atoms with E-state index in [0.29, 0.717) is 83.6 Å². The van der Waals surface area contributed by atoms with Crippen LogP contribution in [0.1, 0.15) is 189 Å². The Morgan fingerprint density at radius 1 is 0.448 bits per heavy atom. The zero-order valence-electron chi connectivity index (χ0n) is 72.8. The van der Waals surface area contributed by atoms with Crippen LogP contribution in [0, 0.1) is 41.5 Å².